The van der Waals surface area contributed by atoms with Gasteiger partial charge >= 0.3 is 0 Å². The van der Waals surface area contributed by atoms with Crippen molar-refractivity contribution in [3.05, 3.63) is 42.0 Å². The largest absolute Gasteiger partial charge is 0.310 e. The normalized spacial score (nSPS) is 12.4. The number of rotatable bonds is 6. The van der Waals surface area contributed by atoms with Gasteiger partial charge in [-0.2, -0.15) is 0 Å². The lowest BCUT2D eigenvalue weighted by molar-refractivity contribution is 0.541. The van der Waals surface area contributed by atoms with E-state index in [1.807, 2.05) is 11.8 Å². The molecule has 2 heteroatoms. The zero-order valence-corrected chi connectivity index (χ0v) is 11.2. The highest BCUT2D eigenvalue weighted by atomic mass is 32.2. The Balaban J connectivity index is 2.94. The highest BCUT2D eigenvalue weighted by Crippen LogP contribution is 2.29. The van der Waals surface area contributed by atoms with Crippen molar-refractivity contribution in [2.24, 2.45) is 0 Å². The SMILES string of the molecule is C=C(C)CC(NCC)c1ccccc1SC. The predicted octanol–water partition coefficient (Wildman–Crippen LogP) is 4.03. The highest BCUT2D eigenvalue weighted by molar-refractivity contribution is 7.98. The van der Waals surface area contributed by atoms with E-state index in [2.05, 4.69) is 56.3 Å². The maximum Gasteiger partial charge on any atom is 0.0368 e. The van der Waals surface area contributed by atoms with Gasteiger partial charge in [0, 0.05) is 10.9 Å². The number of hydrogen-bond acceptors (Lipinski definition) is 2. The van der Waals surface area contributed by atoms with E-state index < -0.39 is 0 Å². The van der Waals surface area contributed by atoms with Crippen LogP contribution >= 0.6 is 11.8 Å². The third kappa shape index (κ3) is 3.69. The fourth-order valence-electron chi connectivity index (χ4n) is 1.84. The van der Waals surface area contributed by atoms with Gasteiger partial charge in [-0.1, -0.05) is 30.7 Å². The van der Waals surface area contributed by atoms with Crippen LogP contribution in [0.25, 0.3) is 0 Å². The molecular formula is C14H21NS. The number of hydrogen-bond donors (Lipinski definition) is 1. The van der Waals surface area contributed by atoms with Crippen LogP contribution in [0.15, 0.2) is 41.3 Å². The van der Waals surface area contributed by atoms with Gasteiger partial charge in [0.15, 0.2) is 0 Å². The summed E-state index contributed by atoms with van der Waals surface area (Å²) in [5, 5.41) is 3.53. The van der Waals surface area contributed by atoms with Crippen LogP contribution in [0.3, 0.4) is 0 Å². The third-order valence-electron chi connectivity index (χ3n) is 2.52. The van der Waals surface area contributed by atoms with E-state index in [9.17, 15) is 0 Å². The molecule has 0 saturated heterocycles. The second-order valence-corrected chi connectivity index (χ2v) is 4.86. The van der Waals surface area contributed by atoms with Crippen molar-refractivity contribution in [1.82, 2.24) is 5.32 Å². The Morgan fingerprint density at radius 1 is 1.44 bits per heavy atom. The third-order valence-corrected chi connectivity index (χ3v) is 3.33. The molecule has 88 valence electrons. The minimum Gasteiger partial charge on any atom is -0.310 e. The van der Waals surface area contributed by atoms with E-state index in [1.165, 1.54) is 16.0 Å². The summed E-state index contributed by atoms with van der Waals surface area (Å²) in [4.78, 5) is 1.36. The molecule has 0 amide bonds. The van der Waals surface area contributed by atoms with Gasteiger partial charge in [-0.3, -0.25) is 0 Å². The Labute approximate surface area is 103 Å². The fraction of sp³-hybridized carbons (Fsp3) is 0.429. The molecule has 1 aromatic carbocycles. The first-order valence-corrected chi connectivity index (χ1v) is 6.92. The zero-order chi connectivity index (χ0) is 12.0. The van der Waals surface area contributed by atoms with Gasteiger partial charge in [0.1, 0.15) is 0 Å². The molecule has 1 aromatic rings. The van der Waals surface area contributed by atoms with Gasteiger partial charge in [-0.05, 0) is 37.8 Å². The molecule has 1 atom stereocenters. The summed E-state index contributed by atoms with van der Waals surface area (Å²) in [5.41, 5.74) is 2.61. The molecule has 1 rings (SSSR count). The Morgan fingerprint density at radius 3 is 2.69 bits per heavy atom. The van der Waals surface area contributed by atoms with Gasteiger partial charge in [0.25, 0.3) is 0 Å². The first-order valence-electron chi connectivity index (χ1n) is 5.69. The molecule has 0 aromatic heterocycles. The molecule has 1 nitrogen and oxygen atoms in total. The van der Waals surface area contributed by atoms with E-state index in [-0.39, 0.29) is 0 Å². The fourth-order valence-corrected chi connectivity index (χ4v) is 2.50. The van der Waals surface area contributed by atoms with Gasteiger partial charge in [0.2, 0.25) is 0 Å². The summed E-state index contributed by atoms with van der Waals surface area (Å²) in [6.45, 7) is 9.23. The lowest BCUT2D eigenvalue weighted by atomic mass is 10.0. The van der Waals surface area contributed by atoms with Crippen LogP contribution in [0.2, 0.25) is 0 Å². The van der Waals surface area contributed by atoms with Crippen molar-refractivity contribution in [2.45, 2.75) is 31.2 Å². The molecule has 1 N–H and O–H groups in total. The van der Waals surface area contributed by atoms with Crippen LogP contribution in [0.5, 0.6) is 0 Å². The van der Waals surface area contributed by atoms with Gasteiger partial charge in [-0.15, -0.1) is 18.3 Å². The molecule has 0 aliphatic heterocycles. The number of thioether (sulfide) groups is 1. The van der Waals surface area contributed by atoms with Crippen LogP contribution < -0.4 is 5.32 Å². The van der Waals surface area contributed by atoms with Crippen molar-refractivity contribution >= 4 is 11.8 Å². The Morgan fingerprint density at radius 2 is 2.12 bits per heavy atom. The van der Waals surface area contributed by atoms with Crippen LogP contribution in [-0.2, 0) is 0 Å². The van der Waals surface area contributed by atoms with Crippen molar-refractivity contribution in [3.63, 3.8) is 0 Å². The predicted molar refractivity (Wildman–Crippen MR) is 74.1 cm³/mol. The van der Waals surface area contributed by atoms with Crippen LogP contribution in [0.4, 0.5) is 0 Å². The van der Waals surface area contributed by atoms with Crippen molar-refractivity contribution < 1.29 is 0 Å². The lowest BCUT2D eigenvalue weighted by Gasteiger charge is -2.20. The number of nitrogens with one attached hydrogen (secondary N) is 1. The van der Waals surface area contributed by atoms with Gasteiger partial charge in [0.05, 0.1) is 0 Å². The summed E-state index contributed by atoms with van der Waals surface area (Å²) in [6.07, 6.45) is 3.13. The first-order chi connectivity index (χ1) is 7.69. The van der Waals surface area contributed by atoms with E-state index >= 15 is 0 Å². The maximum absolute atomic E-state index is 4.01. The van der Waals surface area contributed by atoms with E-state index in [4.69, 9.17) is 0 Å². The Kier molecular flexibility index (Phi) is 5.64. The standard InChI is InChI=1S/C14H21NS/c1-5-15-13(10-11(2)3)12-8-6-7-9-14(12)16-4/h6-9,13,15H,2,5,10H2,1,3-4H3. The molecule has 1 unspecified atom stereocenters. The van der Waals surface area contributed by atoms with Crippen LogP contribution in [0, 0.1) is 0 Å². The molecular weight excluding hydrogens is 214 g/mol. The minimum absolute atomic E-state index is 0.395. The van der Waals surface area contributed by atoms with Crippen molar-refractivity contribution in [1.29, 1.82) is 0 Å². The maximum atomic E-state index is 4.01. The quantitative estimate of drug-likeness (QED) is 0.590. The average Bonchev–Trinajstić information content (AvgIpc) is 2.28. The minimum atomic E-state index is 0.395. The smallest absolute Gasteiger partial charge is 0.0368 e. The Bertz CT molecular complexity index is 346. The summed E-state index contributed by atoms with van der Waals surface area (Å²) >= 11 is 1.81. The summed E-state index contributed by atoms with van der Waals surface area (Å²) in [6, 6.07) is 8.99. The second-order valence-electron chi connectivity index (χ2n) is 4.01. The van der Waals surface area contributed by atoms with Crippen molar-refractivity contribution in [2.75, 3.05) is 12.8 Å². The molecule has 0 saturated carbocycles. The van der Waals surface area contributed by atoms with Gasteiger partial charge in [-0.25, -0.2) is 0 Å². The molecule has 0 spiro atoms. The summed E-state index contributed by atoms with van der Waals surface area (Å²) in [5.74, 6) is 0. The van der Waals surface area contributed by atoms with E-state index in [0.29, 0.717) is 6.04 Å². The monoisotopic (exact) mass is 235 g/mol. The van der Waals surface area contributed by atoms with E-state index in [1.54, 1.807) is 0 Å². The second kappa shape index (κ2) is 6.77. The summed E-state index contributed by atoms with van der Waals surface area (Å²) < 4.78 is 0. The molecule has 0 fully saturated rings. The molecule has 0 bridgehead atoms. The van der Waals surface area contributed by atoms with Gasteiger partial charge < -0.3 is 5.32 Å². The average molecular weight is 235 g/mol. The summed E-state index contributed by atoms with van der Waals surface area (Å²) in [7, 11) is 0. The van der Waals surface area contributed by atoms with Crippen molar-refractivity contribution in [3.8, 4) is 0 Å². The highest BCUT2D eigenvalue weighted by Gasteiger charge is 2.13. The Hall–Kier alpha value is -0.730. The topological polar surface area (TPSA) is 12.0 Å². The molecule has 0 radical (unpaired) electrons. The first kappa shape index (κ1) is 13.3. The molecule has 0 aliphatic carbocycles. The number of benzene rings is 1. The molecule has 16 heavy (non-hydrogen) atoms. The molecule has 0 heterocycles. The van der Waals surface area contributed by atoms with Crippen LogP contribution in [0.1, 0.15) is 31.9 Å². The lowest BCUT2D eigenvalue weighted by Crippen LogP contribution is -2.21. The van der Waals surface area contributed by atoms with E-state index in [0.717, 1.165) is 13.0 Å². The zero-order valence-electron chi connectivity index (χ0n) is 10.4. The molecule has 0 aliphatic rings. The van der Waals surface area contributed by atoms with Crippen LogP contribution in [-0.4, -0.2) is 12.8 Å².